The van der Waals surface area contributed by atoms with Crippen molar-refractivity contribution >= 4 is 5.78 Å². The zero-order valence-corrected chi connectivity index (χ0v) is 19.2. The number of carbonyl (C=O) groups excluding carboxylic acids is 1. The summed E-state index contributed by atoms with van der Waals surface area (Å²) in [5, 5.41) is 20.8. The summed E-state index contributed by atoms with van der Waals surface area (Å²) >= 11 is 0. The van der Waals surface area contributed by atoms with Crippen LogP contribution in [-0.4, -0.2) is 25.9 Å². The van der Waals surface area contributed by atoms with Crippen LogP contribution >= 0.6 is 0 Å². The van der Waals surface area contributed by atoms with Gasteiger partial charge in [-0.1, -0.05) is 29.8 Å². The normalized spacial score (nSPS) is 37.8. The minimum absolute atomic E-state index is 0.212. The lowest BCUT2D eigenvalue weighted by Gasteiger charge is -2.55. The standard InChI is InChI=1S/C27H32FN3O2/c1-26-12-10-22-21-9-7-20(32)14-18(21)4-8-23(22)24(26)11-13-27(26,33)25-16-31(30-29-25)15-17-2-5-19(28)6-3-17/h2-3,5-6,14,16,21-24,33H,4,7-13,15H2,1H3/t21?,22?,23?,24?,26-,27+/m0/s1. The van der Waals surface area contributed by atoms with Crippen LogP contribution in [-0.2, 0) is 16.9 Å². The SMILES string of the molecule is C[C@]12CCC3C4CCC(=O)C=C4CCC3C1CC[C@@]2(O)c1cn(Cc2ccc(F)cc2)nn1. The molecule has 1 aromatic carbocycles. The number of benzene rings is 1. The summed E-state index contributed by atoms with van der Waals surface area (Å²) in [6.45, 7) is 2.78. The Hall–Kier alpha value is -2.34. The summed E-state index contributed by atoms with van der Waals surface area (Å²) in [5.74, 6) is 2.35. The van der Waals surface area contributed by atoms with Crippen molar-refractivity contribution in [3.63, 3.8) is 0 Å². The molecule has 0 aliphatic heterocycles. The highest BCUT2D eigenvalue weighted by Crippen LogP contribution is 2.67. The van der Waals surface area contributed by atoms with Crippen molar-refractivity contribution in [2.45, 2.75) is 70.4 Å². The van der Waals surface area contributed by atoms with Crippen LogP contribution in [0, 0.1) is 34.9 Å². The number of aliphatic hydroxyl groups is 1. The number of hydrogen-bond acceptors (Lipinski definition) is 4. The summed E-state index contributed by atoms with van der Waals surface area (Å²) in [5.41, 5.74) is 1.84. The van der Waals surface area contributed by atoms with Gasteiger partial charge in [-0.15, -0.1) is 5.10 Å². The number of hydrogen-bond donors (Lipinski definition) is 1. The van der Waals surface area contributed by atoms with Gasteiger partial charge in [0.15, 0.2) is 5.78 Å². The van der Waals surface area contributed by atoms with Gasteiger partial charge in [0.25, 0.3) is 0 Å². The third-order valence-corrected chi connectivity index (χ3v) is 9.67. The van der Waals surface area contributed by atoms with Gasteiger partial charge in [0.2, 0.25) is 0 Å². The molecular weight excluding hydrogens is 417 g/mol. The van der Waals surface area contributed by atoms with E-state index in [1.54, 1.807) is 16.8 Å². The molecule has 6 atom stereocenters. The molecule has 4 aliphatic carbocycles. The number of fused-ring (bicyclic) bond motifs is 5. The lowest BCUT2D eigenvalue weighted by Crippen LogP contribution is -2.51. The Morgan fingerprint density at radius 1 is 1.09 bits per heavy atom. The van der Waals surface area contributed by atoms with Crippen LogP contribution in [0.15, 0.2) is 42.1 Å². The molecule has 4 aliphatic rings. The van der Waals surface area contributed by atoms with Crippen LogP contribution in [0.4, 0.5) is 4.39 Å². The quantitative estimate of drug-likeness (QED) is 0.731. The fraction of sp³-hybridized carbons (Fsp3) is 0.593. The van der Waals surface area contributed by atoms with Crippen LogP contribution in [0.1, 0.15) is 69.5 Å². The van der Waals surface area contributed by atoms with E-state index in [0.29, 0.717) is 48.1 Å². The number of nitrogens with zero attached hydrogens (tertiary/aromatic N) is 3. The highest BCUT2D eigenvalue weighted by Gasteiger charge is 2.63. The predicted molar refractivity (Wildman–Crippen MR) is 122 cm³/mol. The molecule has 5 nitrogen and oxygen atoms in total. The molecule has 1 heterocycles. The smallest absolute Gasteiger partial charge is 0.155 e. The molecule has 1 N–H and O–H groups in total. The second-order valence-electron chi connectivity index (χ2n) is 11.1. The third kappa shape index (κ3) is 3.24. The average molecular weight is 450 g/mol. The van der Waals surface area contributed by atoms with Crippen LogP contribution in [0.2, 0.25) is 0 Å². The van der Waals surface area contributed by atoms with Crippen molar-refractivity contribution in [3.05, 3.63) is 59.2 Å². The van der Waals surface area contributed by atoms with Crippen LogP contribution in [0.25, 0.3) is 0 Å². The Kier molecular flexibility index (Phi) is 4.88. The van der Waals surface area contributed by atoms with E-state index in [0.717, 1.165) is 50.5 Å². The Bertz CT molecular complexity index is 1110. The highest BCUT2D eigenvalue weighted by molar-refractivity contribution is 5.91. The van der Waals surface area contributed by atoms with Crippen LogP contribution in [0.5, 0.6) is 0 Å². The number of carbonyl (C=O) groups is 1. The van der Waals surface area contributed by atoms with Gasteiger partial charge >= 0.3 is 0 Å². The number of rotatable bonds is 3. The summed E-state index contributed by atoms with van der Waals surface area (Å²) in [4.78, 5) is 11.9. The Morgan fingerprint density at radius 3 is 2.73 bits per heavy atom. The summed E-state index contributed by atoms with van der Waals surface area (Å²) in [7, 11) is 0. The molecule has 0 saturated heterocycles. The first-order chi connectivity index (χ1) is 15.9. The molecule has 33 heavy (non-hydrogen) atoms. The minimum atomic E-state index is -0.970. The molecule has 0 amide bonds. The first-order valence-corrected chi connectivity index (χ1v) is 12.5. The predicted octanol–water partition coefficient (Wildman–Crippen LogP) is 4.79. The van der Waals surface area contributed by atoms with Crippen LogP contribution in [0.3, 0.4) is 0 Å². The van der Waals surface area contributed by atoms with Crippen molar-refractivity contribution < 1.29 is 14.3 Å². The molecule has 4 unspecified atom stereocenters. The average Bonchev–Trinajstić information content (AvgIpc) is 3.38. The molecule has 3 fully saturated rings. The van der Waals surface area contributed by atoms with Crippen molar-refractivity contribution in [1.82, 2.24) is 15.0 Å². The molecule has 1 aromatic heterocycles. The van der Waals surface area contributed by atoms with Gasteiger partial charge in [0.05, 0.1) is 12.7 Å². The maximum atomic E-state index is 13.2. The fourth-order valence-corrected chi connectivity index (χ4v) is 7.96. The lowest BCUT2D eigenvalue weighted by molar-refractivity contribution is -0.126. The number of halogens is 1. The van der Waals surface area contributed by atoms with Crippen molar-refractivity contribution in [2.24, 2.45) is 29.1 Å². The number of aromatic nitrogens is 3. The van der Waals surface area contributed by atoms with Gasteiger partial charge in [0, 0.05) is 11.8 Å². The first kappa shape index (κ1) is 21.2. The summed E-state index contributed by atoms with van der Waals surface area (Å²) < 4.78 is 15.0. The second-order valence-corrected chi connectivity index (χ2v) is 11.1. The van der Waals surface area contributed by atoms with E-state index < -0.39 is 5.60 Å². The Labute approximate surface area is 194 Å². The topological polar surface area (TPSA) is 68.0 Å². The molecule has 6 heteroatoms. The van der Waals surface area contributed by atoms with E-state index in [1.807, 2.05) is 12.3 Å². The first-order valence-electron chi connectivity index (χ1n) is 12.5. The third-order valence-electron chi connectivity index (χ3n) is 9.67. The van der Waals surface area contributed by atoms with E-state index in [2.05, 4.69) is 17.2 Å². The summed E-state index contributed by atoms with van der Waals surface area (Å²) in [6, 6.07) is 6.41. The van der Waals surface area contributed by atoms with Gasteiger partial charge in [-0.3, -0.25) is 4.79 Å². The maximum absolute atomic E-state index is 13.2. The van der Waals surface area contributed by atoms with Gasteiger partial charge < -0.3 is 5.11 Å². The molecule has 6 rings (SSSR count). The summed E-state index contributed by atoms with van der Waals surface area (Å²) in [6.07, 6.45) is 11.5. The van der Waals surface area contributed by atoms with Gasteiger partial charge in [-0.25, -0.2) is 9.07 Å². The minimum Gasteiger partial charge on any atom is -0.383 e. The van der Waals surface area contributed by atoms with E-state index in [4.69, 9.17) is 0 Å². The van der Waals surface area contributed by atoms with Gasteiger partial charge in [-0.05, 0) is 92.4 Å². The van der Waals surface area contributed by atoms with Gasteiger partial charge in [-0.2, -0.15) is 0 Å². The fourth-order valence-electron chi connectivity index (χ4n) is 7.96. The number of ketones is 1. The Balaban J connectivity index is 1.25. The van der Waals surface area contributed by atoms with Crippen molar-refractivity contribution in [2.75, 3.05) is 0 Å². The van der Waals surface area contributed by atoms with Crippen LogP contribution < -0.4 is 0 Å². The zero-order valence-electron chi connectivity index (χ0n) is 19.2. The van der Waals surface area contributed by atoms with Gasteiger partial charge in [0.1, 0.15) is 17.1 Å². The molecule has 0 bridgehead atoms. The Morgan fingerprint density at radius 2 is 1.91 bits per heavy atom. The molecule has 174 valence electrons. The molecular formula is C27H32FN3O2. The molecule has 2 aromatic rings. The lowest BCUT2D eigenvalue weighted by atomic mass is 9.50. The monoisotopic (exact) mass is 449 g/mol. The largest absolute Gasteiger partial charge is 0.383 e. The van der Waals surface area contributed by atoms with E-state index >= 15 is 0 Å². The van der Waals surface area contributed by atoms with E-state index in [-0.39, 0.29) is 11.2 Å². The molecule has 0 radical (unpaired) electrons. The highest BCUT2D eigenvalue weighted by atomic mass is 19.1. The maximum Gasteiger partial charge on any atom is 0.155 e. The zero-order chi connectivity index (χ0) is 22.8. The molecule has 3 saturated carbocycles. The molecule has 0 spiro atoms. The van der Waals surface area contributed by atoms with Crippen molar-refractivity contribution in [3.8, 4) is 0 Å². The second kappa shape index (κ2) is 7.59. The van der Waals surface area contributed by atoms with E-state index in [9.17, 15) is 14.3 Å². The number of allylic oxidation sites excluding steroid dienone is 1. The van der Waals surface area contributed by atoms with Crippen molar-refractivity contribution in [1.29, 1.82) is 0 Å². The van der Waals surface area contributed by atoms with E-state index in [1.165, 1.54) is 17.7 Å².